The molecule has 0 aromatic carbocycles. The van der Waals surface area contributed by atoms with Gasteiger partial charge in [-0.25, -0.2) is 0 Å². The molecule has 19 heavy (non-hydrogen) atoms. The lowest BCUT2D eigenvalue weighted by molar-refractivity contribution is 0.252. The lowest BCUT2D eigenvalue weighted by Crippen LogP contribution is -2.32. The molecule has 0 heterocycles. The molecule has 4 heteroatoms. The summed E-state index contributed by atoms with van der Waals surface area (Å²) in [6.45, 7) is 10.0. The van der Waals surface area contributed by atoms with Crippen LogP contribution in [0.1, 0.15) is 59.3 Å². The molecule has 112 valence electrons. The molecule has 0 aliphatic heterocycles. The van der Waals surface area contributed by atoms with Gasteiger partial charge in [0.2, 0.25) is 0 Å². The summed E-state index contributed by atoms with van der Waals surface area (Å²) in [7, 11) is 0. The van der Waals surface area contributed by atoms with E-state index in [4.69, 9.17) is 10.9 Å². The number of hydrogen-bond donors (Lipinski definition) is 2. The largest absolute Gasteiger partial charge is 0.409 e. The quantitative estimate of drug-likeness (QED) is 0.211. The van der Waals surface area contributed by atoms with Crippen LogP contribution in [0.15, 0.2) is 5.16 Å². The molecule has 0 radical (unpaired) electrons. The predicted octanol–water partition coefficient (Wildman–Crippen LogP) is 3.05. The van der Waals surface area contributed by atoms with Crippen molar-refractivity contribution in [3.63, 3.8) is 0 Å². The first-order valence-electron chi connectivity index (χ1n) is 7.70. The molecule has 0 spiro atoms. The minimum absolute atomic E-state index is 0.194. The molecule has 1 rings (SSSR count). The molecule has 0 aromatic heterocycles. The van der Waals surface area contributed by atoms with E-state index in [9.17, 15) is 0 Å². The van der Waals surface area contributed by atoms with Gasteiger partial charge in [-0.3, -0.25) is 0 Å². The molecule has 0 aromatic rings. The third-order valence-electron chi connectivity index (χ3n) is 4.08. The highest BCUT2D eigenvalue weighted by Crippen LogP contribution is 2.30. The van der Waals surface area contributed by atoms with E-state index >= 15 is 0 Å². The summed E-state index contributed by atoms with van der Waals surface area (Å²) in [4.78, 5) is 2.61. The van der Waals surface area contributed by atoms with E-state index in [1.54, 1.807) is 0 Å². The van der Waals surface area contributed by atoms with Crippen LogP contribution in [0.4, 0.5) is 0 Å². The van der Waals surface area contributed by atoms with Gasteiger partial charge in [-0.05, 0) is 51.1 Å². The fourth-order valence-electron chi connectivity index (χ4n) is 2.44. The summed E-state index contributed by atoms with van der Waals surface area (Å²) < 4.78 is 0. The molecular weight excluding hydrogens is 238 g/mol. The normalized spacial score (nSPS) is 17.2. The maximum atomic E-state index is 8.75. The fourth-order valence-corrected chi connectivity index (χ4v) is 2.44. The predicted molar refractivity (Wildman–Crippen MR) is 80.5 cm³/mol. The average Bonchev–Trinajstić information content (AvgIpc) is 3.17. The molecule has 3 N–H and O–H groups in total. The topological polar surface area (TPSA) is 61.8 Å². The first-order chi connectivity index (χ1) is 8.99. The van der Waals surface area contributed by atoms with E-state index in [1.165, 1.54) is 45.3 Å². The second kappa shape index (κ2) is 7.73. The second-order valence-electron chi connectivity index (χ2n) is 6.57. The van der Waals surface area contributed by atoms with E-state index in [2.05, 4.69) is 17.0 Å². The van der Waals surface area contributed by atoms with Gasteiger partial charge < -0.3 is 15.8 Å². The zero-order valence-electron chi connectivity index (χ0n) is 12.9. The third kappa shape index (κ3) is 6.28. The summed E-state index contributed by atoms with van der Waals surface area (Å²) >= 11 is 0. The van der Waals surface area contributed by atoms with Crippen molar-refractivity contribution >= 4 is 5.84 Å². The van der Waals surface area contributed by atoms with Crippen molar-refractivity contribution in [1.82, 2.24) is 4.90 Å². The minimum Gasteiger partial charge on any atom is -0.409 e. The Morgan fingerprint density at radius 1 is 1.32 bits per heavy atom. The Labute approximate surface area is 118 Å². The van der Waals surface area contributed by atoms with Crippen molar-refractivity contribution in [3.05, 3.63) is 0 Å². The first-order valence-corrected chi connectivity index (χ1v) is 7.70. The number of nitrogens with zero attached hydrogens (tertiary/aromatic N) is 2. The van der Waals surface area contributed by atoms with Gasteiger partial charge in [0.25, 0.3) is 0 Å². The molecule has 1 saturated carbocycles. The summed E-state index contributed by atoms with van der Waals surface area (Å²) in [6, 6.07) is 0. The Hall–Kier alpha value is -0.770. The van der Waals surface area contributed by atoms with Crippen molar-refractivity contribution in [1.29, 1.82) is 0 Å². The van der Waals surface area contributed by atoms with Crippen molar-refractivity contribution in [2.45, 2.75) is 59.3 Å². The van der Waals surface area contributed by atoms with Crippen LogP contribution in [-0.4, -0.2) is 35.6 Å². The van der Waals surface area contributed by atoms with E-state index < -0.39 is 0 Å². The second-order valence-corrected chi connectivity index (χ2v) is 6.57. The van der Waals surface area contributed by atoms with Crippen LogP contribution < -0.4 is 5.73 Å². The molecule has 4 nitrogen and oxygen atoms in total. The average molecular weight is 269 g/mol. The third-order valence-corrected chi connectivity index (χ3v) is 4.08. The highest BCUT2D eigenvalue weighted by atomic mass is 16.4. The number of hydrogen-bond acceptors (Lipinski definition) is 3. The van der Waals surface area contributed by atoms with E-state index in [0.717, 1.165) is 18.8 Å². The van der Waals surface area contributed by atoms with Crippen molar-refractivity contribution in [2.24, 2.45) is 22.2 Å². The molecule has 0 saturated heterocycles. The van der Waals surface area contributed by atoms with Crippen LogP contribution in [0, 0.1) is 11.3 Å². The van der Waals surface area contributed by atoms with Gasteiger partial charge in [0, 0.05) is 12.0 Å². The van der Waals surface area contributed by atoms with Crippen molar-refractivity contribution in [3.8, 4) is 0 Å². The van der Waals surface area contributed by atoms with Gasteiger partial charge in [0.15, 0.2) is 0 Å². The van der Waals surface area contributed by atoms with Gasteiger partial charge in [-0.15, -0.1) is 0 Å². The fraction of sp³-hybridized carbons (Fsp3) is 0.933. The van der Waals surface area contributed by atoms with Gasteiger partial charge in [-0.2, -0.15) is 0 Å². The molecule has 0 amide bonds. The Morgan fingerprint density at radius 2 is 2.00 bits per heavy atom. The highest BCUT2D eigenvalue weighted by Gasteiger charge is 2.25. The van der Waals surface area contributed by atoms with E-state index in [0.29, 0.717) is 5.84 Å². The van der Waals surface area contributed by atoms with E-state index in [1.807, 2.05) is 13.8 Å². The Bertz CT molecular complexity index is 285. The molecule has 0 bridgehead atoms. The highest BCUT2D eigenvalue weighted by molar-refractivity contribution is 5.85. The van der Waals surface area contributed by atoms with Crippen LogP contribution in [0.5, 0.6) is 0 Å². The SMILES string of the molecule is CCCN(CCCCC(C)(C)C(N)=NO)CC1CC1. The standard InChI is InChI=1S/C15H31N3O/c1-4-10-18(12-13-7-8-13)11-6-5-9-15(2,3)14(16)17-19/h13,19H,4-12H2,1-3H3,(H2,16,17). The summed E-state index contributed by atoms with van der Waals surface area (Å²) in [5.74, 6) is 1.32. The monoisotopic (exact) mass is 269 g/mol. The van der Waals surface area contributed by atoms with E-state index in [-0.39, 0.29) is 5.41 Å². The maximum Gasteiger partial charge on any atom is 0.144 e. The number of unbranched alkanes of at least 4 members (excludes halogenated alkanes) is 1. The van der Waals surface area contributed by atoms with Gasteiger partial charge in [0.1, 0.15) is 5.84 Å². The zero-order valence-corrected chi connectivity index (χ0v) is 12.9. The first kappa shape index (κ1) is 16.3. The molecular formula is C15H31N3O. The lowest BCUT2D eigenvalue weighted by Gasteiger charge is -2.24. The zero-order chi connectivity index (χ0) is 14.3. The maximum absolute atomic E-state index is 8.75. The van der Waals surface area contributed by atoms with Gasteiger partial charge in [-0.1, -0.05) is 32.3 Å². The minimum atomic E-state index is -0.194. The van der Waals surface area contributed by atoms with Crippen LogP contribution >= 0.6 is 0 Å². The Kier molecular flexibility index (Phi) is 6.63. The number of amidine groups is 1. The number of oxime groups is 1. The summed E-state index contributed by atoms with van der Waals surface area (Å²) in [5.41, 5.74) is 5.51. The van der Waals surface area contributed by atoms with Crippen LogP contribution in [0.2, 0.25) is 0 Å². The molecule has 0 atom stereocenters. The number of nitrogens with two attached hydrogens (primary N) is 1. The Balaban J connectivity index is 2.20. The molecule has 1 fully saturated rings. The van der Waals surface area contributed by atoms with Crippen LogP contribution in [-0.2, 0) is 0 Å². The van der Waals surface area contributed by atoms with Crippen molar-refractivity contribution in [2.75, 3.05) is 19.6 Å². The van der Waals surface area contributed by atoms with Gasteiger partial charge in [0.05, 0.1) is 0 Å². The van der Waals surface area contributed by atoms with Crippen molar-refractivity contribution < 1.29 is 5.21 Å². The number of rotatable bonds is 10. The molecule has 1 aliphatic carbocycles. The van der Waals surface area contributed by atoms with Crippen LogP contribution in [0.25, 0.3) is 0 Å². The summed E-state index contributed by atoms with van der Waals surface area (Å²) in [6.07, 6.45) is 7.41. The summed E-state index contributed by atoms with van der Waals surface area (Å²) in [5, 5.41) is 11.9. The smallest absolute Gasteiger partial charge is 0.144 e. The molecule has 1 aliphatic rings. The lowest BCUT2D eigenvalue weighted by atomic mass is 9.86. The molecule has 0 unspecified atom stereocenters. The Morgan fingerprint density at radius 3 is 2.53 bits per heavy atom. The van der Waals surface area contributed by atoms with Crippen LogP contribution in [0.3, 0.4) is 0 Å². The van der Waals surface area contributed by atoms with Gasteiger partial charge >= 0.3 is 0 Å².